The highest BCUT2D eigenvalue weighted by atomic mass is 28.3. The van der Waals surface area contributed by atoms with Crippen molar-refractivity contribution in [3.8, 4) is 73.8 Å². The molecule has 0 aliphatic carbocycles. The van der Waals surface area contributed by atoms with E-state index < -0.39 is 8.07 Å². The molecule has 0 fully saturated rings. The van der Waals surface area contributed by atoms with E-state index in [1.54, 1.807) is 0 Å². The Kier molecular flexibility index (Phi) is 8.22. The number of rotatable bonds is 6. The Balaban J connectivity index is 1.08. The fourth-order valence-corrected chi connectivity index (χ4v) is 13.2. The van der Waals surface area contributed by atoms with Gasteiger partial charge in [0.1, 0.15) is 19.2 Å². The summed E-state index contributed by atoms with van der Waals surface area (Å²) in [5.74, 6) is 2.41. The highest BCUT2D eigenvalue weighted by Crippen LogP contribution is 2.41. The van der Waals surface area contributed by atoms with Gasteiger partial charge in [-0.1, -0.05) is 171 Å². The van der Waals surface area contributed by atoms with E-state index in [1.165, 1.54) is 15.9 Å². The average Bonchev–Trinajstić information content (AvgIpc) is 3.99. The summed E-state index contributed by atoms with van der Waals surface area (Å²) in [6.45, 7) is 4.84. The number of nitrogens with zero attached hydrogens (tertiary/aromatic N) is 6. The Morgan fingerprint density at radius 2 is 0.938 bits per heavy atom. The summed E-state index contributed by atoms with van der Waals surface area (Å²) in [6.07, 6.45) is 0. The van der Waals surface area contributed by atoms with Gasteiger partial charge in [0, 0.05) is 49.4 Å². The van der Waals surface area contributed by atoms with Crippen LogP contribution in [0.2, 0.25) is 13.1 Å². The molecule has 1 aliphatic rings. The van der Waals surface area contributed by atoms with E-state index >= 15 is 0 Å². The molecule has 306 valence electrons. The van der Waals surface area contributed by atoms with Gasteiger partial charge in [-0.3, -0.25) is 4.57 Å². The standard InChI is InChI=1S/C57H38N6OSi/c1-65(2)49-28-15-13-24-43(49)51-53(65)50(35-17-6-3-7-18-35)58-56(59-51)39-30-32-47-45(34-39)44-33-38(40-25-16-26-42-41-23-12-14-27-48(41)64-52(40)42)29-31-46(44)63(47)57-61-54(36-19-8-4-9-20-36)60-55(62-57)37-21-10-5-11-22-37/h3-34H,1-2H3. The first-order valence-electron chi connectivity index (χ1n) is 21.9. The molecular formula is C57H38N6OSi. The Morgan fingerprint density at radius 3 is 1.65 bits per heavy atom. The molecule has 1 aliphatic heterocycles. The average molecular weight is 851 g/mol. The third-order valence-electron chi connectivity index (χ3n) is 13.1. The lowest BCUT2D eigenvalue weighted by Gasteiger charge is -2.21. The third-order valence-corrected chi connectivity index (χ3v) is 16.6. The van der Waals surface area contributed by atoms with Crippen LogP contribution in [0.3, 0.4) is 0 Å². The fraction of sp³-hybridized carbons (Fsp3) is 0.0351. The van der Waals surface area contributed by atoms with Gasteiger partial charge >= 0.3 is 0 Å². The predicted molar refractivity (Wildman–Crippen MR) is 266 cm³/mol. The first-order valence-corrected chi connectivity index (χ1v) is 24.9. The summed E-state index contributed by atoms with van der Waals surface area (Å²) in [4.78, 5) is 26.4. The number of benzene rings is 8. The lowest BCUT2D eigenvalue weighted by atomic mass is 10.00. The second-order valence-electron chi connectivity index (χ2n) is 17.3. The van der Waals surface area contributed by atoms with E-state index in [4.69, 9.17) is 29.3 Å². The molecule has 65 heavy (non-hydrogen) atoms. The summed E-state index contributed by atoms with van der Waals surface area (Å²) < 4.78 is 8.75. The van der Waals surface area contributed by atoms with Crippen LogP contribution in [0.25, 0.3) is 117 Å². The van der Waals surface area contributed by atoms with E-state index in [0.29, 0.717) is 23.4 Å². The Labute approximate surface area is 375 Å². The van der Waals surface area contributed by atoms with Crippen LogP contribution < -0.4 is 10.4 Å². The molecule has 0 amide bonds. The number of hydrogen-bond acceptors (Lipinski definition) is 6. The quantitative estimate of drug-likeness (QED) is 0.155. The first-order chi connectivity index (χ1) is 32.0. The molecule has 12 aromatic rings. The maximum atomic E-state index is 6.58. The van der Waals surface area contributed by atoms with Gasteiger partial charge in [-0.05, 0) is 57.9 Å². The molecule has 7 nitrogen and oxygen atoms in total. The van der Waals surface area contributed by atoms with Gasteiger partial charge in [-0.2, -0.15) is 9.97 Å². The van der Waals surface area contributed by atoms with Gasteiger partial charge in [0.25, 0.3) is 0 Å². The van der Waals surface area contributed by atoms with Gasteiger partial charge in [-0.25, -0.2) is 15.0 Å². The number of fused-ring (bicyclic) bond motifs is 9. The largest absolute Gasteiger partial charge is 0.455 e. The van der Waals surface area contributed by atoms with Crippen LogP contribution in [0.15, 0.2) is 199 Å². The van der Waals surface area contributed by atoms with Crippen molar-refractivity contribution < 1.29 is 4.42 Å². The summed E-state index contributed by atoms with van der Waals surface area (Å²) in [7, 11) is -2.13. The number of para-hydroxylation sites is 2. The van der Waals surface area contributed by atoms with Crippen molar-refractivity contribution in [1.29, 1.82) is 0 Å². The summed E-state index contributed by atoms with van der Waals surface area (Å²) in [6, 6.07) is 67.5. The molecule has 0 saturated heterocycles. The summed E-state index contributed by atoms with van der Waals surface area (Å²) in [5.41, 5.74) is 12.8. The van der Waals surface area contributed by atoms with Crippen LogP contribution >= 0.6 is 0 Å². The van der Waals surface area contributed by atoms with Gasteiger partial charge in [0.15, 0.2) is 17.5 Å². The maximum absolute atomic E-state index is 6.58. The fourth-order valence-electron chi connectivity index (χ4n) is 9.97. The van der Waals surface area contributed by atoms with Gasteiger partial charge < -0.3 is 4.42 Å². The minimum atomic E-state index is -2.13. The molecule has 13 rings (SSSR count). The molecule has 0 spiro atoms. The second-order valence-corrected chi connectivity index (χ2v) is 21.5. The molecule has 0 bridgehead atoms. The number of hydrogen-bond donors (Lipinski definition) is 0. The van der Waals surface area contributed by atoms with Crippen LogP contribution in [0.4, 0.5) is 0 Å². The first kappa shape index (κ1) is 37.2. The summed E-state index contributed by atoms with van der Waals surface area (Å²) in [5, 5.41) is 6.94. The lowest BCUT2D eigenvalue weighted by Crippen LogP contribution is -2.50. The highest BCUT2D eigenvalue weighted by molar-refractivity contribution is 7.04. The molecule has 0 radical (unpaired) electrons. The molecule has 4 aromatic heterocycles. The molecule has 0 atom stereocenters. The minimum absolute atomic E-state index is 0.529. The van der Waals surface area contributed by atoms with Crippen molar-refractivity contribution in [2.24, 2.45) is 0 Å². The number of aromatic nitrogens is 6. The van der Waals surface area contributed by atoms with Gasteiger partial charge in [-0.15, -0.1) is 0 Å². The van der Waals surface area contributed by atoms with Crippen LogP contribution in [-0.4, -0.2) is 37.6 Å². The van der Waals surface area contributed by atoms with Crippen LogP contribution in [-0.2, 0) is 0 Å². The molecular weight excluding hydrogens is 813 g/mol. The van der Waals surface area contributed by atoms with Crippen LogP contribution in [0.1, 0.15) is 0 Å². The molecule has 0 unspecified atom stereocenters. The molecule has 8 aromatic carbocycles. The van der Waals surface area contributed by atoms with Crippen molar-refractivity contribution in [3.63, 3.8) is 0 Å². The van der Waals surface area contributed by atoms with Gasteiger partial charge in [0.05, 0.1) is 22.4 Å². The van der Waals surface area contributed by atoms with Crippen LogP contribution in [0.5, 0.6) is 0 Å². The maximum Gasteiger partial charge on any atom is 0.238 e. The Hall–Kier alpha value is -8.33. The SMILES string of the molecule is C[Si]1(C)c2ccccc2-c2nc(-c3ccc4c(c3)c3cc(-c5cccc6c5oc5ccccc56)ccc3n4-c3nc(-c4ccccc4)nc(-c4ccccc4)n3)nc(-c3ccccc3)c21. The Bertz CT molecular complexity index is 3800. The van der Waals surface area contributed by atoms with E-state index in [2.05, 4.69) is 139 Å². The second kappa shape index (κ2) is 14.4. The zero-order chi connectivity index (χ0) is 43.2. The van der Waals surface area contributed by atoms with Gasteiger partial charge in [0.2, 0.25) is 5.95 Å². The van der Waals surface area contributed by atoms with Crippen LogP contribution in [0, 0.1) is 0 Å². The van der Waals surface area contributed by atoms with E-state index in [0.717, 1.165) is 88.5 Å². The molecule has 0 saturated carbocycles. The zero-order valence-electron chi connectivity index (χ0n) is 35.6. The van der Waals surface area contributed by atoms with Crippen molar-refractivity contribution in [1.82, 2.24) is 29.5 Å². The van der Waals surface area contributed by atoms with Crippen molar-refractivity contribution in [2.75, 3.05) is 0 Å². The minimum Gasteiger partial charge on any atom is -0.455 e. The molecule has 8 heteroatoms. The molecule has 0 N–H and O–H groups in total. The van der Waals surface area contributed by atoms with E-state index in [-0.39, 0.29) is 0 Å². The smallest absolute Gasteiger partial charge is 0.238 e. The normalized spacial score (nSPS) is 12.9. The highest BCUT2D eigenvalue weighted by Gasteiger charge is 2.41. The van der Waals surface area contributed by atoms with E-state index in [1.807, 2.05) is 72.8 Å². The Morgan fingerprint density at radius 1 is 0.400 bits per heavy atom. The van der Waals surface area contributed by atoms with Crippen molar-refractivity contribution >= 4 is 62.2 Å². The predicted octanol–water partition coefficient (Wildman–Crippen LogP) is 12.8. The monoisotopic (exact) mass is 850 g/mol. The van der Waals surface area contributed by atoms with Crippen molar-refractivity contribution in [3.05, 3.63) is 194 Å². The van der Waals surface area contributed by atoms with Crippen molar-refractivity contribution in [2.45, 2.75) is 13.1 Å². The van der Waals surface area contributed by atoms with E-state index in [9.17, 15) is 0 Å². The summed E-state index contributed by atoms with van der Waals surface area (Å²) >= 11 is 0. The third kappa shape index (κ3) is 5.84. The topological polar surface area (TPSA) is 82.5 Å². The lowest BCUT2D eigenvalue weighted by molar-refractivity contribution is 0.670. The molecule has 5 heterocycles. The number of furan rings is 1. The zero-order valence-corrected chi connectivity index (χ0v) is 36.6.